The van der Waals surface area contributed by atoms with E-state index >= 15 is 0 Å². The summed E-state index contributed by atoms with van der Waals surface area (Å²) in [4.78, 5) is 10.3. The van der Waals surface area contributed by atoms with E-state index in [2.05, 4.69) is 45.5 Å². The van der Waals surface area contributed by atoms with Gasteiger partial charge in [-0.15, -0.1) is 0 Å². The van der Waals surface area contributed by atoms with Crippen LogP contribution in [-0.4, -0.2) is 11.0 Å². The molecule has 108 valence electrons. The van der Waals surface area contributed by atoms with Crippen LogP contribution in [0.4, 0.5) is 5.69 Å². The lowest BCUT2D eigenvalue weighted by atomic mass is 10.1. The van der Waals surface area contributed by atoms with Crippen molar-refractivity contribution in [2.24, 2.45) is 0 Å². The summed E-state index contributed by atoms with van der Waals surface area (Å²) in [6.07, 6.45) is 1.15. The molecule has 4 nitrogen and oxygen atoms in total. The van der Waals surface area contributed by atoms with Gasteiger partial charge >= 0.3 is 0 Å². The van der Waals surface area contributed by atoms with Gasteiger partial charge in [0.05, 0.1) is 4.92 Å². The standard InChI is InChI=1S/C16H15BrN2O2/c17-15-8-13(19(20)21)7-6-12(15)10-18-16-9-14(16)11-4-2-1-3-5-11/h1-8,14,16,18H,9-10H2. The van der Waals surface area contributed by atoms with E-state index in [1.165, 1.54) is 5.56 Å². The molecule has 2 unspecified atom stereocenters. The number of rotatable bonds is 5. The Hall–Kier alpha value is -1.72. The van der Waals surface area contributed by atoms with Gasteiger partial charge in [0.15, 0.2) is 0 Å². The zero-order valence-electron chi connectivity index (χ0n) is 11.3. The summed E-state index contributed by atoms with van der Waals surface area (Å²) in [5.74, 6) is 0.586. The van der Waals surface area contributed by atoms with E-state index in [-0.39, 0.29) is 10.6 Å². The van der Waals surface area contributed by atoms with Crippen molar-refractivity contribution in [1.29, 1.82) is 0 Å². The lowest BCUT2D eigenvalue weighted by Crippen LogP contribution is -2.17. The normalized spacial score (nSPS) is 20.2. The highest BCUT2D eigenvalue weighted by molar-refractivity contribution is 9.10. The van der Waals surface area contributed by atoms with Gasteiger partial charge in [-0.05, 0) is 23.6 Å². The number of hydrogen-bond acceptors (Lipinski definition) is 3. The van der Waals surface area contributed by atoms with Gasteiger partial charge in [0.2, 0.25) is 0 Å². The number of benzene rings is 2. The molecule has 1 fully saturated rings. The molecule has 0 heterocycles. The summed E-state index contributed by atoms with van der Waals surface area (Å²) < 4.78 is 0.779. The third kappa shape index (κ3) is 3.31. The summed E-state index contributed by atoms with van der Waals surface area (Å²) in [5.41, 5.74) is 2.52. The number of non-ortho nitro benzene ring substituents is 1. The fraction of sp³-hybridized carbons (Fsp3) is 0.250. The summed E-state index contributed by atoms with van der Waals surface area (Å²) in [5, 5.41) is 14.2. The molecule has 1 aliphatic rings. The van der Waals surface area contributed by atoms with Gasteiger partial charge in [-0.1, -0.05) is 46.3 Å². The Morgan fingerprint density at radius 2 is 2.00 bits per heavy atom. The quantitative estimate of drug-likeness (QED) is 0.657. The third-order valence-corrected chi connectivity index (χ3v) is 4.56. The van der Waals surface area contributed by atoms with Crippen LogP contribution in [-0.2, 0) is 6.54 Å². The van der Waals surface area contributed by atoms with Crippen LogP contribution in [0.5, 0.6) is 0 Å². The molecule has 0 aromatic heterocycles. The largest absolute Gasteiger partial charge is 0.309 e. The first kappa shape index (κ1) is 14.2. The smallest absolute Gasteiger partial charge is 0.270 e. The number of nitrogens with one attached hydrogen (secondary N) is 1. The van der Waals surface area contributed by atoms with Gasteiger partial charge < -0.3 is 5.32 Å². The molecule has 2 atom stereocenters. The molecule has 1 saturated carbocycles. The van der Waals surface area contributed by atoms with Gasteiger partial charge in [0, 0.05) is 35.1 Å². The zero-order valence-corrected chi connectivity index (χ0v) is 12.9. The first-order valence-electron chi connectivity index (χ1n) is 6.86. The number of halogens is 1. The van der Waals surface area contributed by atoms with Crippen molar-refractivity contribution in [3.63, 3.8) is 0 Å². The Morgan fingerprint density at radius 3 is 2.67 bits per heavy atom. The molecule has 2 aromatic rings. The highest BCUT2D eigenvalue weighted by Gasteiger charge is 2.37. The van der Waals surface area contributed by atoms with Crippen LogP contribution in [0.2, 0.25) is 0 Å². The van der Waals surface area contributed by atoms with E-state index in [1.54, 1.807) is 18.2 Å². The van der Waals surface area contributed by atoms with E-state index in [4.69, 9.17) is 0 Å². The summed E-state index contributed by atoms with van der Waals surface area (Å²) in [6.45, 7) is 0.715. The summed E-state index contributed by atoms with van der Waals surface area (Å²) in [6, 6.07) is 15.9. The molecule has 0 aliphatic heterocycles. The molecule has 5 heteroatoms. The van der Waals surface area contributed by atoms with E-state index in [0.29, 0.717) is 18.5 Å². The van der Waals surface area contributed by atoms with Gasteiger partial charge in [-0.2, -0.15) is 0 Å². The van der Waals surface area contributed by atoms with Gasteiger partial charge in [-0.3, -0.25) is 10.1 Å². The Kier molecular flexibility index (Phi) is 4.03. The zero-order chi connectivity index (χ0) is 14.8. The average Bonchev–Trinajstić information content (AvgIpc) is 3.26. The molecule has 0 spiro atoms. The lowest BCUT2D eigenvalue weighted by Gasteiger charge is -2.07. The first-order valence-corrected chi connectivity index (χ1v) is 7.65. The van der Waals surface area contributed by atoms with Crippen LogP contribution >= 0.6 is 15.9 Å². The van der Waals surface area contributed by atoms with Crippen molar-refractivity contribution < 1.29 is 4.92 Å². The molecule has 1 N–H and O–H groups in total. The summed E-state index contributed by atoms with van der Waals surface area (Å²) in [7, 11) is 0. The van der Waals surface area contributed by atoms with Crippen molar-refractivity contribution >= 4 is 21.6 Å². The molecule has 0 bridgehead atoms. The van der Waals surface area contributed by atoms with Crippen molar-refractivity contribution in [2.45, 2.75) is 24.9 Å². The van der Waals surface area contributed by atoms with Crippen LogP contribution in [0, 0.1) is 10.1 Å². The van der Waals surface area contributed by atoms with Crippen LogP contribution in [0.1, 0.15) is 23.5 Å². The first-order chi connectivity index (χ1) is 10.1. The number of nitro benzene ring substituents is 1. The Bertz CT molecular complexity index is 661. The molecule has 1 aliphatic carbocycles. The fourth-order valence-corrected chi connectivity index (χ4v) is 3.03. The molecule has 0 saturated heterocycles. The third-order valence-electron chi connectivity index (χ3n) is 3.82. The predicted molar refractivity (Wildman–Crippen MR) is 85.2 cm³/mol. The molecular formula is C16H15BrN2O2. The second kappa shape index (κ2) is 5.95. The van der Waals surface area contributed by atoms with Crippen molar-refractivity contribution in [1.82, 2.24) is 5.32 Å². The average molecular weight is 347 g/mol. The monoisotopic (exact) mass is 346 g/mol. The Morgan fingerprint density at radius 1 is 1.24 bits per heavy atom. The minimum atomic E-state index is -0.381. The number of nitrogens with zero attached hydrogens (tertiary/aromatic N) is 1. The van der Waals surface area contributed by atoms with Crippen LogP contribution in [0.25, 0.3) is 0 Å². The molecular weight excluding hydrogens is 332 g/mol. The van der Waals surface area contributed by atoms with Crippen molar-refractivity contribution in [3.8, 4) is 0 Å². The maximum absolute atomic E-state index is 10.7. The van der Waals surface area contributed by atoms with Crippen LogP contribution in [0.15, 0.2) is 53.0 Å². The highest BCUT2D eigenvalue weighted by atomic mass is 79.9. The van der Waals surface area contributed by atoms with E-state index in [0.717, 1.165) is 16.5 Å². The Balaban J connectivity index is 1.58. The minimum Gasteiger partial charge on any atom is -0.309 e. The summed E-state index contributed by atoms with van der Waals surface area (Å²) >= 11 is 3.40. The van der Waals surface area contributed by atoms with E-state index < -0.39 is 0 Å². The second-order valence-corrected chi connectivity index (χ2v) is 6.13. The topological polar surface area (TPSA) is 55.2 Å². The van der Waals surface area contributed by atoms with Crippen molar-refractivity contribution in [2.75, 3.05) is 0 Å². The molecule has 3 rings (SSSR count). The number of nitro groups is 1. The SMILES string of the molecule is O=[N+]([O-])c1ccc(CNC2CC2c2ccccc2)c(Br)c1. The highest BCUT2D eigenvalue weighted by Crippen LogP contribution is 2.40. The van der Waals surface area contributed by atoms with Crippen molar-refractivity contribution in [3.05, 3.63) is 74.2 Å². The molecule has 21 heavy (non-hydrogen) atoms. The number of hydrogen-bond donors (Lipinski definition) is 1. The van der Waals surface area contributed by atoms with Gasteiger partial charge in [-0.25, -0.2) is 0 Å². The van der Waals surface area contributed by atoms with Crippen LogP contribution in [0.3, 0.4) is 0 Å². The van der Waals surface area contributed by atoms with E-state index in [1.807, 2.05) is 6.07 Å². The maximum Gasteiger partial charge on any atom is 0.270 e. The predicted octanol–water partition coefficient (Wildman–Crippen LogP) is 4.00. The van der Waals surface area contributed by atoms with Gasteiger partial charge in [0.25, 0.3) is 5.69 Å². The molecule has 0 radical (unpaired) electrons. The van der Waals surface area contributed by atoms with Gasteiger partial charge in [0.1, 0.15) is 0 Å². The molecule has 0 amide bonds. The fourth-order valence-electron chi connectivity index (χ4n) is 2.52. The Labute approximate surface area is 131 Å². The lowest BCUT2D eigenvalue weighted by molar-refractivity contribution is -0.384. The second-order valence-electron chi connectivity index (χ2n) is 5.27. The maximum atomic E-state index is 10.7. The van der Waals surface area contributed by atoms with Crippen LogP contribution < -0.4 is 5.32 Å². The minimum absolute atomic E-state index is 0.110. The van der Waals surface area contributed by atoms with E-state index in [9.17, 15) is 10.1 Å². The molecule has 2 aromatic carbocycles.